The number of nitrogens with zero attached hydrogens (tertiary/aromatic N) is 4. The number of benzene rings is 3. The van der Waals surface area contributed by atoms with Gasteiger partial charge in [-0.2, -0.15) is 6.42 Å². The number of alkyl carbamates (subject to hydrolysis) is 1. The summed E-state index contributed by atoms with van der Waals surface area (Å²) in [6.45, 7) is 12.5. The third-order valence-electron chi connectivity index (χ3n) is 9.63. The second kappa shape index (κ2) is 24.2. The Morgan fingerprint density at radius 2 is 1.66 bits per heavy atom. The molecule has 1 fully saturated rings. The van der Waals surface area contributed by atoms with Crippen LogP contribution in [0.15, 0.2) is 60.7 Å². The number of carbonyl (C=O) groups is 4. The number of amides is 3. The number of aldehydes is 1. The molecule has 59 heavy (non-hydrogen) atoms. The number of hydrogen-bond donors (Lipinski definition) is 4. The molecule has 1 aliphatic heterocycles. The molecule has 1 saturated heterocycles. The molecule has 16 heteroatoms. The molecule has 3 heterocycles. The van der Waals surface area contributed by atoms with E-state index >= 15 is 0 Å². The predicted molar refractivity (Wildman–Crippen MR) is 224 cm³/mol. The van der Waals surface area contributed by atoms with Crippen molar-refractivity contribution >= 4 is 46.8 Å². The number of para-hydroxylation sites is 1. The van der Waals surface area contributed by atoms with Crippen LogP contribution in [0.4, 0.5) is 4.79 Å². The van der Waals surface area contributed by atoms with Crippen molar-refractivity contribution in [3.05, 3.63) is 84.6 Å². The fourth-order valence-electron chi connectivity index (χ4n) is 6.40. The number of rotatable bonds is 14. The van der Waals surface area contributed by atoms with Gasteiger partial charge in [0.15, 0.2) is 5.75 Å². The van der Waals surface area contributed by atoms with Crippen LogP contribution >= 0.6 is 0 Å². The van der Waals surface area contributed by atoms with Gasteiger partial charge in [-0.05, 0) is 85.8 Å². The van der Waals surface area contributed by atoms with E-state index in [1.165, 1.54) is 13.5 Å². The molecule has 0 bridgehead atoms. The Morgan fingerprint density at radius 1 is 0.966 bits per heavy atom. The fraction of sp³-hybridized carbons (Fsp3) is 0.419. The third kappa shape index (κ3) is 13.4. The molecule has 312 valence electrons. The van der Waals surface area contributed by atoms with E-state index in [1.54, 1.807) is 14.2 Å². The quantitative estimate of drug-likeness (QED) is 0.0706. The van der Waals surface area contributed by atoms with E-state index in [9.17, 15) is 19.2 Å². The fourth-order valence-corrected chi connectivity index (χ4v) is 6.40. The van der Waals surface area contributed by atoms with E-state index in [0.717, 1.165) is 46.5 Å². The van der Waals surface area contributed by atoms with Gasteiger partial charge in [-0.1, -0.05) is 58.0 Å². The second-order valence-electron chi connectivity index (χ2n) is 14.6. The third-order valence-corrected chi connectivity index (χ3v) is 9.63. The zero-order valence-corrected chi connectivity index (χ0v) is 38.7. The monoisotopic (exact) mass is 835 g/mol. The topological polar surface area (TPSA) is 195 Å². The largest absolute Gasteiger partial charge is 1.00 e. The molecule has 4 atom stereocenters. The number of ether oxygens (including phenoxy) is 3. The molecule has 0 aliphatic carbocycles. The minimum absolute atomic E-state index is 0. The van der Waals surface area contributed by atoms with Gasteiger partial charge in [0.25, 0.3) is 0 Å². The van der Waals surface area contributed by atoms with Gasteiger partial charge in [-0.15, -0.1) is 0 Å². The van der Waals surface area contributed by atoms with E-state index < -0.39 is 30.1 Å². The molecule has 0 radical (unpaired) electrons. The van der Waals surface area contributed by atoms with Crippen molar-refractivity contribution in [1.82, 2.24) is 35.5 Å². The average molecular weight is 836 g/mol. The maximum Gasteiger partial charge on any atom is 1.00 e. The average Bonchev–Trinajstić information content (AvgIpc) is 3.96. The zero-order valence-electron chi connectivity index (χ0n) is 35.6. The first-order chi connectivity index (χ1) is 27.9. The number of likely N-dealkylation sites (tertiary alicyclic amines) is 1. The molecule has 0 spiro atoms. The molecular formula is C43H56KN8O7-. The molecule has 5 aromatic rings. The molecule has 3 amide bonds. The summed E-state index contributed by atoms with van der Waals surface area (Å²) < 4.78 is 14.8. The Hall–Kier alpha value is -4.16. The van der Waals surface area contributed by atoms with Crippen molar-refractivity contribution in [3.8, 4) is 22.6 Å². The molecule has 1 aliphatic rings. The van der Waals surface area contributed by atoms with Crippen LogP contribution in [0.2, 0.25) is 0 Å². The van der Waals surface area contributed by atoms with Crippen LogP contribution in [-0.4, -0.2) is 96.5 Å². The van der Waals surface area contributed by atoms with E-state index in [4.69, 9.17) is 14.7 Å². The number of methoxy groups -OCH3 is 2. The van der Waals surface area contributed by atoms with Gasteiger partial charge >= 0.3 is 57.5 Å². The van der Waals surface area contributed by atoms with Crippen LogP contribution < -0.4 is 66.8 Å². The Kier molecular flexibility index (Phi) is 20.2. The summed E-state index contributed by atoms with van der Waals surface area (Å²) in [5.41, 5.74) is 5.57. The molecule has 15 nitrogen and oxygen atoms in total. The first-order valence-corrected chi connectivity index (χ1v) is 19.3. The van der Waals surface area contributed by atoms with E-state index in [0.29, 0.717) is 48.0 Å². The van der Waals surface area contributed by atoms with Crippen molar-refractivity contribution in [3.63, 3.8) is 0 Å². The van der Waals surface area contributed by atoms with Gasteiger partial charge in [0.05, 0.1) is 53.5 Å². The van der Waals surface area contributed by atoms with Gasteiger partial charge < -0.3 is 56.6 Å². The molecule has 4 N–H and O–H groups in total. The second-order valence-corrected chi connectivity index (χ2v) is 14.6. The Balaban J connectivity index is 0.000000535. The zero-order chi connectivity index (χ0) is 42.4. The molecule has 3 aromatic carbocycles. The van der Waals surface area contributed by atoms with Crippen LogP contribution in [-0.2, 0) is 23.9 Å². The Labute approximate surface area is 388 Å². The maximum absolute atomic E-state index is 12.8. The minimum atomic E-state index is -0.703. The molecule has 2 aromatic heterocycles. The number of fused-ring (bicyclic) bond motifs is 2. The van der Waals surface area contributed by atoms with E-state index in [2.05, 4.69) is 72.5 Å². The number of carbonyl (C=O) groups excluding carboxylic acids is 4. The van der Waals surface area contributed by atoms with Crippen LogP contribution in [0.3, 0.4) is 0 Å². The van der Waals surface area contributed by atoms with Crippen LogP contribution in [0.1, 0.15) is 70.7 Å². The van der Waals surface area contributed by atoms with Crippen LogP contribution in [0.25, 0.3) is 38.5 Å². The molecular weight excluding hydrogens is 780 g/mol. The first-order valence-electron chi connectivity index (χ1n) is 19.3. The number of imidazole rings is 2. The van der Waals surface area contributed by atoms with Gasteiger partial charge in [0.1, 0.15) is 23.4 Å². The van der Waals surface area contributed by atoms with Crippen LogP contribution in [0.5, 0.6) is 11.5 Å². The Morgan fingerprint density at radius 3 is 2.24 bits per heavy atom. The number of hydrogen-bond acceptors (Lipinski definition) is 10. The molecule has 6 rings (SSSR count). The summed E-state index contributed by atoms with van der Waals surface area (Å²) in [7, 11) is 6.67. The van der Waals surface area contributed by atoms with Gasteiger partial charge in [0.2, 0.25) is 6.41 Å². The number of nitrogens with one attached hydrogen (secondary N) is 4. The van der Waals surface area contributed by atoms with Crippen molar-refractivity contribution in [1.29, 1.82) is 0 Å². The molecule has 0 saturated carbocycles. The van der Waals surface area contributed by atoms with Crippen molar-refractivity contribution in [2.75, 3.05) is 34.9 Å². The van der Waals surface area contributed by atoms with E-state index in [-0.39, 0.29) is 63.2 Å². The Bertz CT molecular complexity index is 2100. The summed E-state index contributed by atoms with van der Waals surface area (Å²) in [5, 5.41) is 9.28. The predicted octanol–water partition coefficient (Wildman–Crippen LogP) is 4.43. The van der Waals surface area contributed by atoms with Gasteiger partial charge in [0, 0.05) is 14.2 Å². The summed E-state index contributed by atoms with van der Waals surface area (Å²) in [4.78, 5) is 63.5. The minimum Gasteiger partial charge on any atom is -0.645 e. The van der Waals surface area contributed by atoms with Crippen molar-refractivity contribution in [2.24, 2.45) is 11.8 Å². The summed E-state index contributed by atoms with van der Waals surface area (Å²) in [5.74, 6) is 2.38. The van der Waals surface area contributed by atoms with Gasteiger partial charge in [-0.3, -0.25) is 9.69 Å². The summed E-state index contributed by atoms with van der Waals surface area (Å²) >= 11 is 0. The summed E-state index contributed by atoms with van der Waals surface area (Å²) in [6, 6.07) is 18.5. The van der Waals surface area contributed by atoms with Crippen molar-refractivity contribution < 1.29 is 84.8 Å². The van der Waals surface area contributed by atoms with Crippen LogP contribution in [0, 0.1) is 18.8 Å². The van der Waals surface area contributed by atoms with E-state index in [1.807, 2.05) is 70.2 Å². The maximum atomic E-state index is 12.8. The summed E-state index contributed by atoms with van der Waals surface area (Å²) in [6.07, 6.45) is 3.29. The first kappa shape index (κ1) is 49.2. The van der Waals surface area contributed by atoms with Gasteiger partial charge in [-0.25, -0.2) is 14.8 Å². The molecule has 2 unspecified atom stereocenters. The number of H-pyrrole nitrogens is 2. The smallest absolute Gasteiger partial charge is 0.645 e. The van der Waals surface area contributed by atoms with Crippen molar-refractivity contribution in [2.45, 2.75) is 71.1 Å². The number of aromatic amines is 2. The standard InChI is InChI=1S/C34H38N7O3.C7H13NO3.C2H6O.K/c1-5-24(39-34(43)30(20(2)3)35-19-42)32-37-26-8-6-10-29(31(26)40-32)44-23-14-11-21(12-15-23)22-13-16-25-27(18-22)38-33(36-25)28-9-7-17-41(28)4;1-5(2)6(4-9)8-7(10)11-3;1-3-2;/h6,8,10-16,18-20,24,28,30H,1,5,7,9,17H2,2-4H3,(H4,35,36,37,38,39,40,42,43);4-6H,1-3H3,(H,8,10);1-2H3;/q-1;;;+1/p-1/t24-,28-,30?;;;/m0.../s1. The number of aromatic nitrogens is 4. The SMILES string of the molecule is COC.COC(=O)NC(C=O)C(C)C.[CH2-]C[C@H]([N-]C(=O)C(NC=O)C(C)C)c1nc2c(Oc3ccc(-c4ccc5nc([C@@H]6CCCN6C)[nH]c5c4)cc3)cccc2[nH]1.[K+]. The normalized spacial score (nSPS) is 15.1.